The topological polar surface area (TPSA) is 69.4 Å². The minimum Gasteiger partial charge on any atom is -0.463 e. The van der Waals surface area contributed by atoms with Crippen LogP contribution >= 0.6 is 0 Å². The van der Waals surface area contributed by atoms with Gasteiger partial charge in [0.05, 0.1) is 11.5 Å². The van der Waals surface area contributed by atoms with Gasteiger partial charge >= 0.3 is 5.97 Å². The fraction of sp³-hybridized carbons (Fsp3) is 0.250. The van der Waals surface area contributed by atoms with Crippen LogP contribution in [0.3, 0.4) is 0 Å². The number of hydrogen-bond donors (Lipinski definition) is 0. The van der Waals surface area contributed by atoms with Crippen LogP contribution < -0.4 is 0 Å². The van der Waals surface area contributed by atoms with E-state index in [0.717, 1.165) is 0 Å². The Balaban J connectivity index is 2.96. The fourth-order valence-corrected chi connectivity index (χ4v) is 1.37. The second-order valence-corrected chi connectivity index (χ2v) is 3.33. The molecule has 0 saturated carbocycles. The van der Waals surface area contributed by atoms with E-state index < -0.39 is 10.9 Å². The standard InChI is InChI=1S/C12H13NO4/c1-3-17-12(14)8-7-10-5-4-6-11(9(10)2)13(15)16/h4-8H,3H2,1-2H3/b8-7+. The normalized spacial score (nSPS) is 10.5. The first kappa shape index (κ1) is 12.9. The minimum atomic E-state index is -0.460. The molecule has 0 aromatic heterocycles. The first-order valence-electron chi connectivity index (χ1n) is 5.15. The van der Waals surface area contributed by atoms with Crippen LogP contribution in [-0.2, 0) is 9.53 Å². The molecule has 90 valence electrons. The molecule has 1 aromatic carbocycles. The van der Waals surface area contributed by atoms with Crippen LogP contribution in [0.15, 0.2) is 24.3 Å². The number of nitro benzene ring substituents is 1. The molecule has 0 radical (unpaired) electrons. The summed E-state index contributed by atoms with van der Waals surface area (Å²) in [7, 11) is 0. The third kappa shape index (κ3) is 3.41. The maximum Gasteiger partial charge on any atom is 0.330 e. The van der Waals surface area contributed by atoms with Crippen LogP contribution in [0.5, 0.6) is 0 Å². The van der Waals surface area contributed by atoms with Crippen molar-refractivity contribution in [1.29, 1.82) is 0 Å². The zero-order valence-electron chi connectivity index (χ0n) is 9.67. The highest BCUT2D eigenvalue weighted by molar-refractivity contribution is 5.87. The van der Waals surface area contributed by atoms with Gasteiger partial charge in [-0.1, -0.05) is 12.1 Å². The van der Waals surface area contributed by atoms with E-state index in [1.165, 1.54) is 18.2 Å². The molecule has 0 aliphatic heterocycles. The molecule has 0 N–H and O–H groups in total. The van der Waals surface area contributed by atoms with Crippen LogP contribution in [0.1, 0.15) is 18.1 Å². The van der Waals surface area contributed by atoms with E-state index in [2.05, 4.69) is 0 Å². The van der Waals surface area contributed by atoms with Crippen molar-refractivity contribution in [1.82, 2.24) is 0 Å². The number of hydrogen-bond acceptors (Lipinski definition) is 4. The lowest BCUT2D eigenvalue weighted by Crippen LogP contribution is -1.99. The molecule has 5 heteroatoms. The molecular formula is C12H13NO4. The quantitative estimate of drug-likeness (QED) is 0.348. The summed E-state index contributed by atoms with van der Waals surface area (Å²) in [5.41, 5.74) is 1.20. The molecule has 0 atom stereocenters. The Labute approximate surface area is 98.9 Å². The Morgan fingerprint density at radius 2 is 2.24 bits per heavy atom. The smallest absolute Gasteiger partial charge is 0.330 e. The van der Waals surface area contributed by atoms with Gasteiger partial charge in [-0.2, -0.15) is 0 Å². The molecule has 1 rings (SSSR count). The summed E-state index contributed by atoms with van der Waals surface area (Å²) >= 11 is 0. The van der Waals surface area contributed by atoms with E-state index in [0.29, 0.717) is 17.7 Å². The largest absolute Gasteiger partial charge is 0.463 e. The number of nitro groups is 1. The van der Waals surface area contributed by atoms with Crippen molar-refractivity contribution in [3.63, 3.8) is 0 Å². The molecule has 0 fully saturated rings. The summed E-state index contributed by atoms with van der Waals surface area (Å²) in [5.74, 6) is -0.460. The average molecular weight is 235 g/mol. The molecule has 0 unspecified atom stereocenters. The van der Waals surface area contributed by atoms with Gasteiger partial charge in [0.2, 0.25) is 0 Å². The SMILES string of the molecule is CCOC(=O)/C=C/c1cccc([N+](=O)[O-])c1C. The summed E-state index contributed by atoms with van der Waals surface area (Å²) in [6.07, 6.45) is 2.77. The van der Waals surface area contributed by atoms with Gasteiger partial charge < -0.3 is 4.74 Å². The number of esters is 1. The Morgan fingerprint density at radius 1 is 1.53 bits per heavy atom. The molecule has 0 heterocycles. The fourth-order valence-electron chi connectivity index (χ4n) is 1.37. The van der Waals surface area contributed by atoms with Crippen molar-refractivity contribution in [3.8, 4) is 0 Å². The lowest BCUT2D eigenvalue weighted by molar-refractivity contribution is -0.385. The summed E-state index contributed by atoms with van der Waals surface area (Å²) in [6.45, 7) is 3.66. The van der Waals surface area contributed by atoms with Gasteiger partial charge in [0.1, 0.15) is 0 Å². The molecule has 0 bridgehead atoms. The highest BCUT2D eigenvalue weighted by Crippen LogP contribution is 2.21. The lowest BCUT2D eigenvalue weighted by Gasteiger charge is -2.01. The van der Waals surface area contributed by atoms with Gasteiger partial charge in [0, 0.05) is 17.7 Å². The number of carbonyl (C=O) groups is 1. The van der Waals surface area contributed by atoms with Crippen molar-refractivity contribution >= 4 is 17.7 Å². The minimum absolute atomic E-state index is 0.0380. The monoisotopic (exact) mass is 235 g/mol. The Bertz CT molecular complexity index is 466. The number of rotatable bonds is 4. The molecule has 0 spiro atoms. The van der Waals surface area contributed by atoms with Gasteiger partial charge in [0.15, 0.2) is 0 Å². The first-order chi connectivity index (χ1) is 8.06. The van der Waals surface area contributed by atoms with Crippen molar-refractivity contribution in [2.24, 2.45) is 0 Å². The van der Waals surface area contributed by atoms with E-state index in [-0.39, 0.29) is 5.69 Å². The zero-order valence-corrected chi connectivity index (χ0v) is 9.67. The molecule has 0 aliphatic carbocycles. The third-order valence-electron chi connectivity index (χ3n) is 2.23. The van der Waals surface area contributed by atoms with Gasteiger partial charge in [-0.25, -0.2) is 4.79 Å². The van der Waals surface area contributed by atoms with Gasteiger partial charge in [-0.3, -0.25) is 10.1 Å². The molecule has 17 heavy (non-hydrogen) atoms. The van der Waals surface area contributed by atoms with Gasteiger partial charge in [-0.15, -0.1) is 0 Å². The Hall–Kier alpha value is -2.17. The van der Waals surface area contributed by atoms with Crippen molar-refractivity contribution < 1.29 is 14.5 Å². The second kappa shape index (κ2) is 5.79. The number of carbonyl (C=O) groups excluding carboxylic acids is 1. The number of nitrogens with zero attached hydrogens (tertiary/aromatic N) is 1. The Kier molecular flexibility index (Phi) is 4.39. The molecule has 0 aliphatic rings. The zero-order chi connectivity index (χ0) is 12.8. The number of benzene rings is 1. The van der Waals surface area contributed by atoms with E-state index in [9.17, 15) is 14.9 Å². The van der Waals surface area contributed by atoms with Crippen molar-refractivity contribution in [3.05, 3.63) is 45.5 Å². The molecule has 1 aromatic rings. The van der Waals surface area contributed by atoms with Gasteiger partial charge in [0.25, 0.3) is 5.69 Å². The van der Waals surface area contributed by atoms with Gasteiger partial charge in [-0.05, 0) is 25.5 Å². The third-order valence-corrected chi connectivity index (χ3v) is 2.23. The highest BCUT2D eigenvalue weighted by Gasteiger charge is 2.11. The second-order valence-electron chi connectivity index (χ2n) is 3.33. The van der Waals surface area contributed by atoms with Crippen molar-refractivity contribution in [2.75, 3.05) is 6.61 Å². The molecule has 0 amide bonds. The van der Waals surface area contributed by atoms with E-state index >= 15 is 0 Å². The van der Waals surface area contributed by atoms with Crippen molar-refractivity contribution in [2.45, 2.75) is 13.8 Å². The van der Waals surface area contributed by atoms with Crippen LogP contribution in [0.4, 0.5) is 5.69 Å². The molecule has 0 saturated heterocycles. The maximum atomic E-state index is 11.1. The summed E-state index contributed by atoms with van der Waals surface area (Å²) in [6, 6.07) is 4.71. The van der Waals surface area contributed by atoms with Crippen LogP contribution in [-0.4, -0.2) is 17.5 Å². The first-order valence-corrected chi connectivity index (χ1v) is 5.15. The molecular weight excluding hydrogens is 222 g/mol. The van der Waals surface area contributed by atoms with E-state index in [1.54, 1.807) is 26.0 Å². The lowest BCUT2D eigenvalue weighted by atomic mass is 10.1. The number of ether oxygens (including phenoxy) is 1. The van der Waals surface area contributed by atoms with Crippen LogP contribution in [0.2, 0.25) is 0 Å². The Morgan fingerprint density at radius 3 is 2.82 bits per heavy atom. The summed E-state index contributed by atoms with van der Waals surface area (Å²) < 4.78 is 4.72. The summed E-state index contributed by atoms with van der Waals surface area (Å²) in [4.78, 5) is 21.4. The summed E-state index contributed by atoms with van der Waals surface area (Å²) in [5, 5.41) is 10.7. The highest BCUT2D eigenvalue weighted by atomic mass is 16.6. The maximum absolute atomic E-state index is 11.1. The van der Waals surface area contributed by atoms with E-state index in [1.807, 2.05) is 0 Å². The van der Waals surface area contributed by atoms with Crippen LogP contribution in [0, 0.1) is 17.0 Å². The predicted octanol–water partition coefficient (Wildman–Crippen LogP) is 2.48. The predicted molar refractivity (Wildman–Crippen MR) is 63.5 cm³/mol. The van der Waals surface area contributed by atoms with Crippen LogP contribution in [0.25, 0.3) is 6.08 Å². The average Bonchev–Trinajstić information content (AvgIpc) is 2.27. The molecule has 5 nitrogen and oxygen atoms in total. The van der Waals surface area contributed by atoms with E-state index in [4.69, 9.17) is 4.74 Å².